The van der Waals surface area contributed by atoms with E-state index in [0.29, 0.717) is 17.5 Å². The molecule has 0 aliphatic rings. The minimum absolute atomic E-state index is 0.657. The highest BCUT2D eigenvalue weighted by molar-refractivity contribution is 7.25. The number of nitrogens with zero attached hydrogens (tertiary/aromatic N) is 3. The molecule has 228 valence electrons. The zero-order chi connectivity index (χ0) is 32.3. The Bertz CT molecular complexity index is 2900. The molecule has 49 heavy (non-hydrogen) atoms. The maximum absolute atomic E-state index is 5.27. The van der Waals surface area contributed by atoms with E-state index in [-0.39, 0.29) is 0 Å². The van der Waals surface area contributed by atoms with Crippen LogP contribution in [0.15, 0.2) is 164 Å². The Morgan fingerprint density at radius 3 is 1.61 bits per heavy atom. The van der Waals surface area contributed by atoms with E-state index in [1.807, 2.05) is 0 Å². The van der Waals surface area contributed by atoms with Crippen LogP contribution >= 0.6 is 11.3 Å². The average Bonchev–Trinajstić information content (AvgIpc) is 3.56. The van der Waals surface area contributed by atoms with Crippen LogP contribution in [0.4, 0.5) is 0 Å². The number of hydrogen-bond acceptors (Lipinski definition) is 4. The van der Waals surface area contributed by atoms with E-state index in [9.17, 15) is 0 Å². The highest BCUT2D eigenvalue weighted by atomic mass is 32.1. The minimum Gasteiger partial charge on any atom is -0.208 e. The molecule has 0 radical (unpaired) electrons. The van der Waals surface area contributed by atoms with E-state index in [1.165, 1.54) is 47.5 Å². The molecule has 2 heterocycles. The fraction of sp³-hybridized carbons (Fsp3) is 0. The summed E-state index contributed by atoms with van der Waals surface area (Å²) in [5.41, 5.74) is 5.32. The quantitative estimate of drug-likeness (QED) is 0.192. The maximum Gasteiger partial charge on any atom is 0.164 e. The van der Waals surface area contributed by atoms with Gasteiger partial charge in [-0.2, -0.15) is 0 Å². The van der Waals surface area contributed by atoms with Crippen LogP contribution in [-0.2, 0) is 0 Å². The van der Waals surface area contributed by atoms with E-state index in [2.05, 4.69) is 164 Å². The zero-order valence-electron chi connectivity index (χ0n) is 26.3. The molecule has 0 saturated carbocycles. The molecule has 0 saturated heterocycles. The van der Waals surface area contributed by atoms with Crippen LogP contribution < -0.4 is 0 Å². The molecule has 0 unspecified atom stereocenters. The van der Waals surface area contributed by atoms with Crippen molar-refractivity contribution in [1.82, 2.24) is 15.0 Å². The Hall–Kier alpha value is -6.23. The Labute approximate surface area is 286 Å². The third-order valence-corrected chi connectivity index (χ3v) is 10.6. The number of aromatic nitrogens is 3. The Morgan fingerprint density at radius 2 is 0.837 bits per heavy atom. The molecule has 10 rings (SSSR count). The van der Waals surface area contributed by atoms with E-state index in [4.69, 9.17) is 15.0 Å². The highest BCUT2D eigenvalue weighted by Crippen LogP contribution is 2.41. The summed E-state index contributed by atoms with van der Waals surface area (Å²) in [7, 11) is 0. The Morgan fingerprint density at radius 1 is 0.327 bits per heavy atom. The molecule has 0 aliphatic carbocycles. The molecule has 0 amide bonds. The van der Waals surface area contributed by atoms with Crippen molar-refractivity contribution in [2.24, 2.45) is 0 Å². The van der Waals surface area contributed by atoms with Crippen molar-refractivity contribution in [3.05, 3.63) is 164 Å². The molecule has 0 spiro atoms. The molecular weight excluding hydrogens is 615 g/mol. The summed E-state index contributed by atoms with van der Waals surface area (Å²) in [4.78, 5) is 15.7. The number of benzene rings is 8. The number of rotatable bonds is 4. The van der Waals surface area contributed by atoms with Crippen molar-refractivity contribution in [2.45, 2.75) is 0 Å². The lowest BCUT2D eigenvalue weighted by molar-refractivity contribution is 1.08. The minimum atomic E-state index is 0.657. The molecule has 0 N–H and O–H groups in total. The Balaban J connectivity index is 1.22. The second kappa shape index (κ2) is 11.2. The van der Waals surface area contributed by atoms with Crippen LogP contribution in [0.2, 0.25) is 0 Å². The molecule has 4 heteroatoms. The summed E-state index contributed by atoms with van der Waals surface area (Å²) in [5.74, 6) is 1.99. The van der Waals surface area contributed by atoms with Gasteiger partial charge in [0, 0.05) is 36.9 Å². The lowest BCUT2D eigenvalue weighted by Gasteiger charge is -2.13. The van der Waals surface area contributed by atoms with Crippen molar-refractivity contribution in [3.63, 3.8) is 0 Å². The van der Waals surface area contributed by atoms with Crippen molar-refractivity contribution in [3.8, 4) is 45.3 Å². The lowest BCUT2D eigenvalue weighted by Crippen LogP contribution is -2.01. The van der Waals surface area contributed by atoms with Crippen LogP contribution in [0.1, 0.15) is 0 Å². The highest BCUT2D eigenvalue weighted by Gasteiger charge is 2.18. The summed E-state index contributed by atoms with van der Waals surface area (Å²) in [5, 5.41) is 9.47. The molecule has 0 fully saturated rings. The summed E-state index contributed by atoms with van der Waals surface area (Å²) >= 11 is 1.80. The predicted octanol–water partition coefficient (Wildman–Crippen LogP) is 12.4. The second-order valence-corrected chi connectivity index (χ2v) is 13.5. The largest absolute Gasteiger partial charge is 0.208 e. The van der Waals surface area contributed by atoms with Crippen molar-refractivity contribution in [1.29, 1.82) is 0 Å². The van der Waals surface area contributed by atoms with Crippen LogP contribution in [-0.4, -0.2) is 15.0 Å². The van der Waals surface area contributed by atoms with Gasteiger partial charge in [-0.05, 0) is 67.7 Å². The molecule has 0 atom stereocenters. The van der Waals surface area contributed by atoms with Gasteiger partial charge < -0.3 is 0 Å². The van der Waals surface area contributed by atoms with Crippen LogP contribution in [0.25, 0.3) is 97.8 Å². The second-order valence-electron chi connectivity index (χ2n) is 12.4. The lowest BCUT2D eigenvalue weighted by atomic mass is 9.94. The zero-order valence-corrected chi connectivity index (χ0v) is 27.2. The predicted molar refractivity (Wildman–Crippen MR) is 207 cm³/mol. The van der Waals surface area contributed by atoms with Gasteiger partial charge >= 0.3 is 0 Å². The SMILES string of the molecule is c1ccc2cc(-c3nc(-c4cccc5c(-c6ccc7ccccc7c6)cccc45)nc(-c4cccc5sc6ccccc6c45)n3)ccc2c1. The van der Waals surface area contributed by atoms with Crippen molar-refractivity contribution < 1.29 is 0 Å². The van der Waals surface area contributed by atoms with Gasteiger partial charge in [0.2, 0.25) is 0 Å². The molecule has 8 aromatic carbocycles. The first-order valence-electron chi connectivity index (χ1n) is 16.4. The molecule has 0 bridgehead atoms. The molecule has 0 aliphatic heterocycles. The van der Waals surface area contributed by atoms with Crippen LogP contribution in [0.3, 0.4) is 0 Å². The van der Waals surface area contributed by atoms with Crippen LogP contribution in [0, 0.1) is 0 Å². The number of fused-ring (bicyclic) bond motifs is 6. The first kappa shape index (κ1) is 27.8. The van der Waals surface area contributed by atoms with Gasteiger partial charge in [0.1, 0.15) is 0 Å². The molecular formula is C45H27N3S. The molecule has 2 aromatic heterocycles. The van der Waals surface area contributed by atoms with Gasteiger partial charge in [0.15, 0.2) is 17.5 Å². The van der Waals surface area contributed by atoms with E-state index in [1.54, 1.807) is 11.3 Å². The summed E-state index contributed by atoms with van der Waals surface area (Å²) in [6.07, 6.45) is 0. The van der Waals surface area contributed by atoms with E-state index < -0.39 is 0 Å². The monoisotopic (exact) mass is 641 g/mol. The maximum atomic E-state index is 5.27. The Kier molecular flexibility index (Phi) is 6.36. The van der Waals surface area contributed by atoms with Crippen LogP contribution in [0.5, 0.6) is 0 Å². The fourth-order valence-corrected chi connectivity index (χ4v) is 8.28. The van der Waals surface area contributed by atoms with Gasteiger partial charge in [-0.15, -0.1) is 11.3 Å². The van der Waals surface area contributed by atoms with Crippen molar-refractivity contribution >= 4 is 63.8 Å². The normalized spacial score (nSPS) is 11.7. The van der Waals surface area contributed by atoms with Gasteiger partial charge in [-0.25, -0.2) is 15.0 Å². The first-order valence-corrected chi connectivity index (χ1v) is 17.3. The smallest absolute Gasteiger partial charge is 0.164 e. The summed E-state index contributed by atoms with van der Waals surface area (Å²) in [6.45, 7) is 0. The summed E-state index contributed by atoms with van der Waals surface area (Å²) in [6, 6.07) is 58.1. The fourth-order valence-electron chi connectivity index (χ4n) is 7.15. The van der Waals surface area contributed by atoms with Gasteiger partial charge in [0.05, 0.1) is 0 Å². The number of hydrogen-bond donors (Lipinski definition) is 0. The van der Waals surface area contributed by atoms with E-state index in [0.717, 1.165) is 32.8 Å². The third-order valence-electron chi connectivity index (χ3n) is 9.51. The topological polar surface area (TPSA) is 38.7 Å². The van der Waals surface area contributed by atoms with E-state index >= 15 is 0 Å². The first-order chi connectivity index (χ1) is 24.3. The average molecular weight is 642 g/mol. The molecule has 10 aromatic rings. The third kappa shape index (κ3) is 4.68. The summed E-state index contributed by atoms with van der Waals surface area (Å²) < 4.78 is 2.47. The standard InChI is InChI=1S/C45H27N3S/c1-3-12-30-26-32(24-22-28(30)10-1)34-15-7-17-36-35(34)16-8-18-37(36)44-46-43(33-25-23-29-11-2-4-13-31(29)27-33)47-45(48-44)39-19-9-21-41-42(39)38-14-5-6-20-40(38)49-41/h1-27H. The van der Waals surface area contributed by atoms with Crippen molar-refractivity contribution in [2.75, 3.05) is 0 Å². The van der Waals surface area contributed by atoms with Gasteiger partial charge in [-0.3, -0.25) is 0 Å². The van der Waals surface area contributed by atoms with Gasteiger partial charge in [0.25, 0.3) is 0 Å². The molecule has 3 nitrogen and oxygen atoms in total. The number of thiophene rings is 1. The van der Waals surface area contributed by atoms with Gasteiger partial charge in [-0.1, -0.05) is 140 Å².